The van der Waals surface area contributed by atoms with Gasteiger partial charge in [-0.2, -0.15) is 0 Å². The molecule has 0 heterocycles. The Kier molecular flexibility index (Phi) is 5.13. The minimum Gasteiger partial charge on any atom is -0.339 e. The lowest BCUT2D eigenvalue weighted by molar-refractivity contribution is -0.129. The molecule has 0 aromatic heterocycles. The van der Waals surface area contributed by atoms with Crippen LogP contribution in [0.2, 0.25) is 0 Å². The molecule has 0 aliphatic heterocycles. The molecule has 0 N–H and O–H groups in total. The maximum atomic E-state index is 12.8. The highest BCUT2D eigenvalue weighted by Crippen LogP contribution is 2.09. The van der Waals surface area contributed by atoms with Gasteiger partial charge in [0.2, 0.25) is 5.91 Å². The van der Waals surface area contributed by atoms with E-state index in [4.69, 9.17) is 0 Å². The molecule has 0 atom stereocenters. The largest absolute Gasteiger partial charge is 0.339 e. The normalized spacial score (nSPS) is 10.6. The molecular formula is C14H20FNO. The summed E-state index contributed by atoms with van der Waals surface area (Å²) in [7, 11) is 0. The number of carbonyl (C=O) groups excluding carboxylic acids is 1. The maximum Gasteiger partial charge on any atom is 0.219 e. The van der Waals surface area contributed by atoms with E-state index >= 15 is 0 Å². The molecule has 3 heteroatoms. The lowest BCUT2D eigenvalue weighted by Crippen LogP contribution is -2.29. The molecular weight excluding hydrogens is 217 g/mol. The monoisotopic (exact) mass is 237 g/mol. The molecule has 1 rings (SSSR count). The van der Waals surface area contributed by atoms with Crippen molar-refractivity contribution in [3.8, 4) is 0 Å². The second-order valence-electron chi connectivity index (χ2n) is 4.75. The van der Waals surface area contributed by atoms with Gasteiger partial charge >= 0.3 is 0 Å². The van der Waals surface area contributed by atoms with Gasteiger partial charge in [0.15, 0.2) is 0 Å². The summed E-state index contributed by atoms with van der Waals surface area (Å²) in [5.74, 6) is 0.394. The summed E-state index contributed by atoms with van der Waals surface area (Å²) < 4.78 is 12.8. The van der Waals surface area contributed by atoms with Crippen molar-refractivity contribution in [2.75, 3.05) is 6.54 Å². The van der Waals surface area contributed by atoms with Gasteiger partial charge in [-0.15, -0.1) is 0 Å². The van der Waals surface area contributed by atoms with Crippen molar-refractivity contribution in [3.05, 3.63) is 35.6 Å². The van der Waals surface area contributed by atoms with Crippen molar-refractivity contribution >= 4 is 5.91 Å². The first-order valence-corrected chi connectivity index (χ1v) is 5.99. The number of hydrogen-bond donors (Lipinski definition) is 0. The molecule has 0 aliphatic rings. The number of carbonyl (C=O) groups is 1. The highest BCUT2D eigenvalue weighted by Gasteiger charge is 2.10. The molecule has 1 aromatic rings. The summed E-state index contributed by atoms with van der Waals surface area (Å²) in [5.41, 5.74) is 0.963. The van der Waals surface area contributed by atoms with E-state index in [0.29, 0.717) is 12.5 Å². The Bertz CT molecular complexity index is 359. The quantitative estimate of drug-likeness (QED) is 0.770. The summed E-state index contributed by atoms with van der Waals surface area (Å²) in [6, 6.07) is 6.30. The van der Waals surface area contributed by atoms with Crippen LogP contribution in [0.3, 0.4) is 0 Å². The van der Waals surface area contributed by atoms with E-state index in [1.165, 1.54) is 12.1 Å². The topological polar surface area (TPSA) is 20.3 Å². The SMILES string of the molecule is CC(=O)N(CCC(C)C)Cc1ccc(F)cc1. The van der Waals surface area contributed by atoms with Crippen LogP contribution < -0.4 is 0 Å². The third-order valence-corrected chi connectivity index (χ3v) is 2.71. The molecule has 94 valence electrons. The van der Waals surface area contributed by atoms with E-state index in [-0.39, 0.29) is 11.7 Å². The van der Waals surface area contributed by atoms with Gasteiger partial charge in [-0.3, -0.25) is 4.79 Å². The first kappa shape index (κ1) is 13.7. The number of benzene rings is 1. The summed E-state index contributed by atoms with van der Waals surface area (Å²) in [6.07, 6.45) is 0.987. The van der Waals surface area contributed by atoms with E-state index in [2.05, 4.69) is 13.8 Å². The van der Waals surface area contributed by atoms with Gasteiger partial charge in [-0.25, -0.2) is 4.39 Å². The highest BCUT2D eigenvalue weighted by atomic mass is 19.1. The van der Waals surface area contributed by atoms with Gasteiger partial charge in [0.1, 0.15) is 5.82 Å². The van der Waals surface area contributed by atoms with Crippen molar-refractivity contribution in [1.82, 2.24) is 4.90 Å². The molecule has 0 aliphatic carbocycles. The van der Waals surface area contributed by atoms with Crippen LogP contribution >= 0.6 is 0 Å². The van der Waals surface area contributed by atoms with Crippen molar-refractivity contribution in [1.29, 1.82) is 0 Å². The van der Waals surface area contributed by atoms with E-state index in [0.717, 1.165) is 18.5 Å². The van der Waals surface area contributed by atoms with Crippen LogP contribution in [0.15, 0.2) is 24.3 Å². The van der Waals surface area contributed by atoms with E-state index in [1.54, 1.807) is 24.0 Å². The molecule has 0 saturated carbocycles. The fourth-order valence-electron chi connectivity index (χ4n) is 1.57. The minimum atomic E-state index is -0.245. The average molecular weight is 237 g/mol. The van der Waals surface area contributed by atoms with Gasteiger partial charge in [0, 0.05) is 20.0 Å². The van der Waals surface area contributed by atoms with Crippen LogP contribution in [-0.4, -0.2) is 17.4 Å². The van der Waals surface area contributed by atoms with Gasteiger partial charge in [0.25, 0.3) is 0 Å². The second-order valence-corrected chi connectivity index (χ2v) is 4.75. The molecule has 0 bridgehead atoms. The van der Waals surface area contributed by atoms with E-state index in [9.17, 15) is 9.18 Å². The van der Waals surface area contributed by atoms with Gasteiger partial charge in [0.05, 0.1) is 0 Å². The fraction of sp³-hybridized carbons (Fsp3) is 0.500. The van der Waals surface area contributed by atoms with Gasteiger partial charge in [-0.05, 0) is 30.0 Å². The zero-order valence-corrected chi connectivity index (χ0v) is 10.7. The molecule has 0 spiro atoms. The van der Waals surface area contributed by atoms with Crippen LogP contribution in [0.5, 0.6) is 0 Å². The third-order valence-electron chi connectivity index (χ3n) is 2.71. The van der Waals surface area contributed by atoms with Crippen LogP contribution in [0.25, 0.3) is 0 Å². The molecule has 0 unspecified atom stereocenters. The first-order valence-electron chi connectivity index (χ1n) is 5.99. The number of hydrogen-bond acceptors (Lipinski definition) is 1. The lowest BCUT2D eigenvalue weighted by atomic mass is 10.1. The van der Waals surface area contributed by atoms with Crippen LogP contribution in [0, 0.1) is 11.7 Å². The van der Waals surface area contributed by atoms with Crippen molar-refractivity contribution in [3.63, 3.8) is 0 Å². The molecule has 17 heavy (non-hydrogen) atoms. The van der Waals surface area contributed by atoms with E-state index in [1.807, 2.05) is 0 Å². The lowest BCUT2D eigenvalue weighted by Gasteiger charge is -2.22. The van der Waals surface area contributed by atoms with Crippen LogP contribution in [0.4, 0.5) is 4.39 Å². The summed E-state index contributed by atoms with van der Waals surface area (Å²) >= 11 is 0. The highest BCUT2D eigenvalue weighted by molar-refractivity contribution is 5.73. The third kappa shape index (κ3) is 4.98. The van der Waals surface area contributed by atoms with Gasteiger partial charge in [-0.1, -0.05) is 26.0 Å². The maximum absolute atomic E-state index is 12.8. The molecule has 0 fully saturated rings. The standard InChI is InChI=1S/C14H20FNO/c1-11(2)8-9-16(12(3)17)10-13-4-6-14(15)7-5-13/h4-7,11H,8-10H2,1-3H3. The molecule has 0 saturated heterocycles. The zero-order valence-electron chi connectivity index (χ0n) is 10.7. The number of amides is 1. The predicted molar refractivity (Wildman–Crippen MR) is 66.9 cm³/mol. The number of nitrogens with zero attached hydrogens (tertiary/aromatic N) is 1. The number of rotatable bonds is 5. The summed E-state index contributed by atoms with van der Waals surface area (Å²) in [6.45, 7) is 7.16. The predicted octanol–water partition coefficient (Wildman–Crippen LogP) is 3.22. The average Bonchev–Trinajstić information content (AvgIpc) is 2.26. The number of halogens is 1. The first-order chi connectivity index (χ1) is 7.99. The van der Waals surface area contributed by atoms with Crippen LogP contribution in [0.1, 0.15) is 32.8 Å². The molecule has 2 nitrogen and oxygen atoms in total. The summed E-state index contributed by atoms with van der Waals surface area (Å²) in [4.78, 5) is 13.3. The molecule has 1 aromatic carbocycles. The Morgan fingerprint density at radius 1 is 1.29 bits per heavy atom. The smallest absolute Gasteiger partial charge is 0.219 e. The molecule has 1 amide bonds. The zero-order chi connectivity index (χ0) is 12.8. The van der Waals surface area contributed by atoms with E-state index < -0.39 is 0 Å². The Morgan fingerprint density at radius 3 is 2.35 bits per heavy atom. The Labute approximate surface area is 102 Å². The Hall–Kier alpha value is -1.38. The minimum absolute atomic E-state index is 0.0648. The summed E-state index contributed by atoms with van der Waals surface area (Å²) in [5, 5.41) is 0. The van der Waals surface area contributed by atoms with Crippen molar-refractivity contribution in [2.45, 2.75) is 33.7 Å². The Morgan fingerprint density at radius 2 is 1.88 bits per heavy atom. The van der Waals surface area contributed by atoms with Crippen molar-refractivity contribution < 1.29 is 9.18 Å². The Balaban J connectivity index is 2.60. The van der Waals surface area contributed by atoms with Crippen molar-refractivity contribution in [2.24, 2.45) is 5.92 Å². The fourth-order valence-corrected chi connectivity index (χ4v) is 1.57. The van der Waals surface area contributed by atoms with Crippen LogP contribution in [-0.2, 0) is 11.3 Å². The van der Waals surface area contributed by atoms with Gasteiger partial charge < -0.3 is 4.90 Å². The second kappa shape index (κ2) is 6.38. The molecule has 0 radical (unpaired) electrons.